The molecule has 0 saturated heterocycles. The minimum atomic E-state index is -0.0174. The lowest BCUT2D eigenvalue weighted by Gasteiger charge is -2.23. The summed E-state index contributed by atoms with van der Waals surface area (Å²) in [7, 11) is 0. The number of amides is 1. The molecule has 0 N–H and O–H groups in total. The third-order valence-corrected chi connectivity index (χ3v) is 6.00. The number of para-hydroxylation sites is 1. The summed E-state index contributed by atoms with van der Waals surface area (Å²) in [6.07, 6.45) is 5.34. The number of hydrogen-bond donors (Lipinski definition) is 0. The van der Waals surface area contributed by atoms with E-state index in [1.165, 1.54) is 0 Å². The van der Waals surface area contributed by atoms with Gasteiger partial charge in [0.2, 0.25) is 0 Å². The Morgan fingerprint density at radius 2 is 1.74 bits per heavy atom. The molecule has 0 aliphatic carbocycles. The van der Waals surface area contributed by atoms with Gasteiger partial charge < -0.3 is 9.32 Å². The molecule has 34 heavy (non-hydrogen) atoms. The molecular weight excluding hydrogens is 422 g/mol. The van der Waals surface area contributed by atoms with Gasteiger partial charge >= 0.3 is 0 Å². The fourth-order valence-corrected chi connectivity index (χ4v) is 4.14. The first-order chi connectivity index (χ1) is 16.7. The van der Waals surface area contributed by atoms with Crippen LogP contribution in [-0.4, -0.2) is 26.9 Å². The largest absolute Gasteiger partial charge is 0.456 e. The van der Waals surface area contributed by atoms with Gasteiger partial charge in [0, 0.05) is 29.7 Å². The summed E-state index contributed by atoms with van der Waals surface area (Å²) in [5, 5.41) is 1.08. The van der Waals surface area contributed by atoms with Gasteiger partial charge in [0.05, 0.1) is 12.5 Å². The molecule has 5 heteroatoms. The van der Waals surface area contributed by atoms with Gasteiger partial charge in [-0.3, -0.25) is 9.36 Å². The van der Waals surface area contributed by atoms with Crippen LogP contribution in [0.1, 0.15) is 35.8 Å². The Kier molecular flexibility index (Phi) is 6.25. The van der Waals surface area contributed by atoms with E-state index in [2.05, 4.69) is 24.0 Å². The minimum Gasteiger partial charge on any atom is -0.456 e. The molecule has 5 aromatic rings. The number of benzene rings is 3. The molecule has 170 valence electrons. The zero-order valence-electron chi connectivity index (χ0n) is 19.2. The van der Waals surface area contributed by atoms with Crippen LogP contribution in [0.3, 0.4) is 0 Å². The third-order valence-electron chi connectivity index (χ3n) is 6.00. The quantitative estimate of drug-likeness (QED) is 0.264. The zero-order chi connectivity index (χ0) is 23.3. The number of furan rings is 1. The van der Waals surface area contributed by atoms with Gasteiger partial charge in [0.15, 0.2) is 0 Å². The molecule has 0 spiro atoms. The highest BCUT2D eigenvalue weighted by Crippen LogP contribution is 2.28. The minimum absolute atomic E-state index is 0.0174. The van der Waals surface area contributed by atoms with E-state index in [4.69, 9.17) is 4.42 Å². The molecule has 5 rings (SSSR count). The third kappa shape index (κ3) is 4.50. The Morgan fingerprint density at radius 1 is 0.971 bits per heavy atom. The van der Waals surface area contributed by atoms with Gasteiger partial charge in [0.1, 0.15) is 17.0 Å². The molecule has 0 fully saturated rings. The van der Waals surface area contributed by atoms with E-state index in [0.717, 1.165) is 46.4 Å². The van der Waals surface area contributed by atoms with E-state index in [0.29, 0.717) is 18.8 Å². The molecule has 3 aromatic carbocycles. The SMILES string of the molecule is CCCCN(Cc1ccccc1)C(=O)c1cncn1-c1ccc(-c2cc3ccccc3o2)cc1. The summed E-state index contributed by atoms with van der Waals surface area (Å²) in [5.74, 6) is 0.805. The Balaban J connectivity index is 1.40. The van der Waals surface area contributed by atoms with E-state index >= 15 is 0 Å². The topological polar surface area (TPSA) is 51.3 Å². The van der Waals surface area contributed by atoms with Crippen LogP contribution >= 0.6 is 0 Å². The smallest absolute Gasteiger partial charge is 0.272 e. The first kappa shape index (κ1) is 21.7. The van der Waals surface area contributed by atoms with Crippen LogP contribution in [0.25, 0.3) is 28.0 Å². The molecule has 0 atom stereocenters. The molecule has 5 nitrogen and oxygen atoms in total. The molecule has 1 amide bonds. The van der Waals surface area contributed by atoms with Crippen molar-refractivity contribution < 1.29 is 9.21 Å². The highest BCUT2D eigenvalue weighted by molar-refractivity contribution is 5.93. The molecule has 0 radical (unpaired) electrons. The average Bonchev–Trinajstić information content (AvgIpc) is 3.54. The van der Waals surface area contributed by atoms with Gasteiger partial charge in [-0.2, -0.15) is 0 Å². The lowest BCUT2D eigenvalue weighted by Crippen LogP contribution is -2.32. The lowest BCUT2D eigenvalue weighted by atomic mass is 10.1. The molecule has 0 unspecified atom stereocenters. The highest BCUT2D eigenvalue weighted by Gasteiger charge is 2.20. The summed E-state index contributed by atoms with van der Waals surface area (Å²) >= 11 is 0. The first-order valence-electron chi connectivity index (χ1n) is 11.7. The highest BCUT2D eigenvalue weighted by atomic mass is 16.3. The summed E-state index contributed by atoms with van der Waals surface area (Å²) < 4.78 is 7.85. The number of hydrogen-bond acceptors (Lipinski definition) is 3. The van der Waals surface area contributed by atoms with Crippen LogP contribution in [0.15, 0.2) is 102 Å². The Labute approximate surface area is 199 Å². The summed E-state index contributed by atoms with van der Waals surface area (Å²) in [6, 6.07) is 28.2. The maximum atomic E-state index is 13.5. The van der Waals surface area contributed by atoms with Crippen molar-refractivity contribution >= 4 is 16.9 Å². The molecule has 2 aromatic heterocycles. The fourth-order valence-electron chi connectivity index (χ4n) is 4.14. The molecule has 0 aliphatic heterocycles. The zero-order valence-corrected chi connectivity index (χ0v) is 19.2. The predicted molar refractivity (Wildman–Crippen MR) is 135 cm³/mol. The monoisotopic (exact) mass is 449 g/mol. The predicted octanol–water partition coefficient (Wildman–Crippen LogP) is 6.73. The van der Waals surface area contributed by atoms with Crippen LogP contribution < -0.4 is 0 Å². The van der Waals surface area contributed by atoms with Gasteiger partial charge in [-0.1, -0.05) is 61.9 Å². The summed E-state index contributed by atoms with van der Waals surface area (Å²) in [4.78, 5) is 19.8. The number of imidazole rings is 1. The Morgan fingerprint density at radius 3 is 2.50 bits per heavy atom. The van der Waals surface area contributed by atoms with Gasteiger partial charge in [-0.25, -0.2) is 4.98 Å². The average molecular weight is 450 g/mol. The Bertz CT molecular complexity index is 1350. The molecule has 0 bridgehead atoms. The second kappa shape index (κ2) is 9.79. The van der Waals surface area contributed by atoms with Crippen molar-refractivity contribution in [2.45, 2.75) is 26.3 Å². The van der Waals surface area contributed by atoms with Crippen LogP contribution in [-0.2, 0) is 6.54 Å². The number of nitrogens with zero attached hydrogens (tertiary/aromatic N) is 3. The van der Waals surface area contributed by atoms with Gasteiger partial charge in [0.25, 0.3) is 5.91 Å². The second-order valence-corrected chi connectivity index (χ2v) is 8.41. The maximum absolute atomic E-state index is 13.5. The first-order valence-corrected chi connectivity index (χ1v) is 11.7. The standard InChI is InChI=1S/C29H27N3O2/c1-2-3-17-31(20-22-9-5-4-6-10-22)29(33)26-19-30-21-32(26)25-15-13-23(14-16-25)28-18-24-11-7-8-12-27(24)34-28/h4-16,18-19,21H,2-3,17,20H2,1H3. The Hall–Kier alpha value is -4.12. The van der Waals surface area contributed by atoms with E-state index in [1.54, 1.807) is 12.5 Å². The van der Waals surface area contributed by atoms with E-state index in [9.17, 15) is 4.79 Å². The number of aromatic nitrogens is 2. The van der Waals surface area contributed by atoms with E-state index < -0.39 is 0 Å². The van der Waals surface area contributed by atoms with Crippen molar-refractivity contribution in [1.82, 2.24) is 14.5 Å². The van der Waals surface area contributed by atoms with Crippen LogP contribution in [0.2, 0.25) is 0 Å². The van der Waals surface area contributed by atoms with Crippen molar-refractivity contribution in [3.8, 4) is 17.0 Å². The van der Waals surface area contributed by atoms with Crippen molar-refractivity contribution in [2.75, 3.05) is 6.54 Å². The molecule has 0 saturated carbocycles. The van der Waals surface area contributed by atoms with Crippen LogP contribution in [0, 0.1) is 0 Å². The van der Waals surface area contributed by atoms with Crippen LogP contribution in [0.5, 0.6) is 0 Å². The van der Waals surface area contributed by atoms with Crippen molar-refractivity contribution in [2.24, 2.45) is 0 Å². The normalized spacial score (nSPS) is 11.1. The van der Waals surface area contributed by atoms with Crippen molar-refractivity contribution in [3.05, 3.63) is 109 Å². The number of carbonyl (C=O) groups excluding carboxylic acids is 1. The molecule has 2 heterocycles. The van der Waals surface area contributed by atoms with Crippen LogP contribution in [0.4, 0.5) is 0 Å². The fraction of sp³-hybridized carbons (Fsp3) is 0.172. The van der Waals surface area contributed by atoms with E-state index in [1.807, 2.05) is 82.3 Å². The molecule has 0 aliphatic rings. The number of fused-ring (bicyclic) bond motifs is 1. The van der Waals surface area contributed by atoms with E-state index in [-0.39, 0.29) is 5.91 Å². The van der Waals surface area contributed by atoms with Gasteiger partial charge in [-0.15, -0.1) is 0 Å². The van der Waals surface area contributed by atoms with Gasteiger partial charge in [-0.05, 0) is 48.4 Å². The second-order valence-electron chi connectivity index (χ2n) is 8.41. The van der Waals surface area contributed by atoms with Crippen molar-refractivity contribution in [1.29, 1.82) is 0 Å². The summed E-state index contributed by atoms with van der Waals surface area (Å²) in [6.45, 7) is 3.43. The molecular formula is C29H27N3O2. The maximum Gasteiger partial charge on any atom is 0.272 e. The van der Waals surface area contributed by atoms with Crippen molar-refractivity contribution in [3.63, 3.8) is 0 Å². The number of unbranched alkanes of at least 4 members (excludes halogenated alkanes) is 1. The lowest BCUT2D eigenvalue weighted by molar-refractivity contribution is 0.0732. The number of rotatable bonds is 8. The summed E-state index contributed by atoms with van der Waals surface area (Å²) in [5.41, 5.74) is 4.42. The number of carbonyl (C=O) groups is 1.